The van der Waals surface area contributed by atoms with E-state index < -0.39 is 17.8 Å². The molecule has 1 unspecified atom stereocenters. The Balaban J connectivity index is 0.927. The van der Waals surface area contributed by atoms with Crippen LogP contribution in [0, 0.1) is 17.1 Å². The Hall–Kier alpha value is -5.20. The van der Waals surface area contributed by atoms with Crippen molar-refractivity contribution >= 4 is 63.2 Å². The number of carbonyl (C=O) groups is 3. The van der Waals surface area contributed by atoms with Crippen molar-refractivity contribution < 1.29 is 33.0 Å². The van der Waals surface area contributed by atoms with Gasteiger partial charge in [-0.3, -0.25) is 29.6 Å². The maximum Gasteiger partial charge on any atom is 0.255 e. The zero-order chi connectivity index (χ0) is 38.8. The zero-order valence-electron chi connectivity index (χ0n) is 30.2. The molecule has 3 amide bonds. The summed E-state index contributed by atoms with van der Waals surface area (Å²) in [5.41, 5.74) is 2.97. The van der Waals surface area contributed by atoms with Crippen LogP contribution in [0.15, 0.2) is 42.6 Å². The lowest BCUT2D eigenvalue weighted by Crippen LogP contribution is -2.52. The third-order valence-electron chi connectivity index (χ3n) is 10.2. The first-order valence-corrected chi connectivity index (χ1v) is 18.6. The monoisotopic (exact) mass is 789 g/mol. The highest BCUT2D eigenvalue weighted by Gasteiger charge is 2.40. The van der Waals surface area contributed by atoms with E-state index in [1.807, 2.05) is 0 Å². The molecule has 0 radical (unpaired) electrons. The van der Waals surface area contributed by atoms with Gasteiger partial charge in [-0.1, -0.05) is 29.3 Å². The maximum absolute atomic E-state index is 15.7. The molecular formula is C39H38Cl2FN7O6. The van der Waals surface area contributed by atoms with E-state index in [2.05, 4.69) is 31.5 Å². The van der Waals surface area contributed by atoms with E-state index in [1.165, 1.54) is 18.2 Å². The van der Waals surface area contributed by atoms with Crippen molar-refractivity contribution in [2.45, 2.75) is 38.4 Å². The van der Waals surface area contributed by atoms with Crippen LogP contribution < -0.4 is 24.8 Å². The molecule has 3 aromatic carbocycles. The molecule has 2 saturated heterocycles. The molecule has 16 heteroatoms. The van der Waals surface area contributed by atoms with E-state index in [0.29, 0.717) is 79.4 Å². The van der Waals surface area contributed by atoms with Crippen molar-refractivity contribution in [2.75, 3.05) is 58.9 Å². The lowest BCUT2D eigenvalue weighted by atomic mass is 10.0. The van der Waals surface area contributed by atoms with Gasteiger partial charge in [-0.05, 0) is 31.0 Å². The number of carbonyl (C=O) groups excluding carboxylic acids is 3. The summed E-state index contributed by atoms with van der Waals surface area (Å²) in [5, 5.41) is 16.7. The number of pyridine rings is 1. The molecule has 0 spiro atoms. The number of hydrogen-bond acceptors (Lipinski definition) is 11. The third kappa shape index (κ3) is 7.83. The van der Waals surface area contributed by atoms with Gasteiger partial charge in [0.2, 0.25) is 11.8 Å². The van der Waals surface area contributed by atoms with E-state index in [-0.39, 0.29) is 36.8 Å². The summed E-state index contributed by atoms with van der Waals surface area (Å²) >= 11 is 12.7. The molecule has 0 aliphatic carbocycles. The van der Waals surface area contributed by atoms with Crippen LogP contribution in [0.1, 0.15) is 46.3 Å². The maximum atomic E-state index is 15.7. The summed E-state index contributed by atoms with van der Waals surface area (Å²) in [5.74, 6) is -0.257. The van der Waals surface area contributed by atoms with Gasteiger partial charge in [-0.25, -0.2) is 4.39 Å². The predicted molar refractivity (Wildman–Crippen MR) is 204 cm³/mol. The second kappa shape index (κ2) is 16.3. The van der Waals surface area contributed by atoms with Gasteiger partial charge in [-0.2, -0.15) is 5.26 Å². The van der Waals surface area contributed by atoms with Crippen LogP contribution in [0.3, 0.4) is 0 Å². The summed E-state index contributed by atoms with van der Waals surface area (Å²) in [4.78, 5) is 47.4. The minimum Gasteiger partial charge on any atom is -0.495 e. The number of halogens is 3. The van der Waals surface area contributed by atoms with Gasteiger partial charge < -0.3 is 29.3 Å². The number of piperazine rings is 1. The van der Waals surface area contributed by atoms with Crippen LogP contribution in [0.2, 0.25) is 10.0 Å². The second-order valence-electron chi connectivity index (χ2n) is 13.6. The van der Waals surface area contributed by atoms with Gasteiger partial charge in [0.25, 0.3) is 5.91 Å². The fraction of sp³-hybridized carbons (Fsp3) is 0.359. The first-order chi connectivity index (χ1) is 26.6. The highest BCUT2D eigenvalue weighted by Crippen LogP contribution is 2.40. The number of nitriles is 1. The predicted octanol–water partition coefficient (Wildman–Crippen LogP) is 5.66. The van der Waals surface area contributed by atoms with Gasteiger partial charge in [0.15, 0.2) is 11.5 Å². The average Bonchev–Trinajstić information content (AvgIpc) is 3.51. The molecule has 4 aromatic rings. The number of fused-ring (bicyclic) bond motifs is 2. The highest BCUT2D eigenvalue weighted by molar-refractivity contribution is 6.37. The van der Waals surface area contributed by atoms with E-state index in [9.17, 15) is 19.6 Å². The van der Waals surface area contributed by atoms with Crippen LogP contribution in [-0.2, 0) is 22.7 Å². The molecule has 0 saturated carbocycles. The van der Waals surface area contributed by atoms with E-state index in [1.54, 1.807) is 43.5 Å². The van der Waals surface area contributed by atoms with Gasteiger partial charge in [0, 0.05) is 86.1 Å². The molecular weight excluding hydrogens is 752 g/mol. The molecule has 0 bridgehead atoms. The number of rotatable bonds is 12. The minimum absolute atomic E-state index is 0.00752. The molecule has 1 atom stereocenters. The highest BCUT2D eigenvalue weighted by atomic mass is 35.5. The average molecular weight is 791 g/mol. The van der Waals surface area contributed by atoms with Crippen molar-refractivity contribution in [3.8, 4) is 23.3 Å². The molecule has 55 heavy (non-hydrogen) atoms. The zero-order valence-corrected chi connectivity index (χ0v) is 31.7. The Morgan fingerprint density at radius 3 is 2.49 bits per heavy atom. The largest absolute Gasteiger partial charge is 0.495 e. The van der Waals surface area contributed by atoms with Crippen molar-refractivity contribution in [3.63, 3.8) is 0 Å². The minimum atomic E-state index is -0.785. The molecule has 3 aliphatic rings. The molecule has 4 heterocycles. The van der Waals surface area contributed by atoms with E-state index in [0.717, 1.165) is 39.1 Å². The molecule has 13 nitrogen and oxygen atoms in total. The molecule has 286 valence electrons. The Bertz CT molecular complexity index is 2230. The number of ether oxygens (including phenoxy) is 3. The first-order valence-electron chi connectivity index (χ1n) is 17.8. The van der Waals surface area contributed by atoms with E-state index in [4.69, 9.17) is 37.4 Å². The number of imide groups is 1. The van der Waals surface area contributed by atoms with Crippen LogP contribution in [0.4, 0.5) is 15.8 Å². The number of benzene rings is 3. The second-order valence-corrected chi connectivity index (χ2v) is 14.4. The molecule has 3 aliphatic heterocycles. The number of anilines is 2. The molecule has 2 fully saturated rings. The van der Waals surface area contributed by atoms with Gasteiger partial charge in [0.05, 0.1) is 59.9 Å². The fourth-order valence-corrected chi connectivity index (χ4v) is 7.77. The smallest absolute Gasteiger partial charge is 0.255 e. The van der Waals surface area contributed by atoms with Gasteiger partial charge in [0.1, 0.15) is 23.7 Å². The van der Waals surface area contributed by atoms with Gasteiger partial charge in [-0.15, -0.1) is 0 Å². The summed E-state index contributed by atoms with van der Waals surface area (Å²) in [6, 6.07) is 11.5. The summed E-state index contributed by atoms with van der Waals surface area (Å²) in [6.07, 6.45) is 2.61. The Labute approximate surface area is 326 Å². The van der Waals surface area contributed by atoms with Gasteiger partial charge >= 0.3 is 0 Å². The Kier molecular flexibility index (Phi) is 11.3. The van der Waals surface area contributed by atoms with Crippen LogP contribution >= 0.6 is 23.2 Å². The number of hydrogen-bond donors (Lipinski definition) is 2. The number of methoxy groups -OCH3 is 2. The third-order valence-corrected chi connectivity index (χ3v) is 10.8. The Morgan fingerprint density at radius 1 is 1.00 bits per heavy atom. The lowest BCUT2D eigenvalue weighted by Gasteiger charge is -2.34. The normalized spacial score (nSPS) is 17.6. The number of amides is 3. The van der Waals surface area contributed by atoms with Crippen molar-refractivity contribution in [2.24, 2.45) is 0 Å². The Morgan fingerprint density at radius 2 is 1.76 bits per heavy atom. The summed E-state index contributed by atoms with van der Waals surface area (Å²) in [7, 11) is 3.05. The van der Waals surface area contributed by atoms with Crippen molar-refractivity contribution in [3.05, 3.63) is 80.7 Å². The number of nitrogens with zero attached hydrogens (tertiary/aromatic N) is 5. The number of nitrogens with one attached hydrogen (secondary N) is 2. The van der Waals surface area contributed by atoms with Crippen LogP contribution in [-0.4, -0.2) is 97.0 Å². The van der Waals surface area contributed by atoms with Crippen LogP contribution in [0.25, 0.3) is 10.9 Å². The topological polar surface area (TPSA) is 149 Å². The SMILES string of the molecule is COc1cc(Nc2c(C#N)cnc3cc(OCCCN4CCN(Cc5ccc6c(c5F)CN(C5CCC(=O)NC5=O)C6=O)CC4)c(OC)cc23)c(Cl)cc1Cl. The van der Waals surface area contributed by atoms with Crippen molar-refractivity contribution in [1.29, 1.82) is 5.26 Å². The lowest BCUT2D eigenvalue weighted by molar-refractivity contribution is -0.136. The van der Waals surface area contributed by atoms with Crippen LogP contribution in [0.5, 0.6) is 17.2 Å². The molecule has 1 aromatic heterocycles. The molecule has 2 N–H and O–H groups in total. The quantitative estimate of drug-likeness (QED) is 0.135. The summed E-state index contributed by atoms with van der Waals surface area (Å²) < 4.78 is 32.9. The van der Waals surface area contributed by atoms with Crippen molar-refractivity contribution in [1.82, 2.24) is 25.0 Å². The first kappa shape index (κ1) is 38.1. The number of aromatic nitrogens is 1. The molecule has 7 rings (SSSR count). The van der Waals surface area contributed by atoms with E-state index >= 15 is 4.39 Å². The number of piperidine rings is 1. The fourth-order valence-electron chi connectivity index (χ4n) is 7.26. The standard InChI is InChI=1S/C39H38Cl2FN7O6/c1-53-32-17-30(27(40)15-28(32)41)45-37-23(18-43)19-44-29-16-34(33(54-2)14-25(29)37)55-13-3-8-47-9-11-48(12-10-47)20-22-4-5-24-26(36(22)42)21-49(39(24)52)31-6-7-35(50)46-38(31)51/h4-5,14-17,19,31H,3,6-13,20-21H2,1-2H3,(H,44,45)(H,46,50,51). The summed E-state index contributed by atoms with van der Waals surface area (Å²) in [6.45, 7) is 4.75.